The number of hydrogen-bond donors (Lipinski definition) is 3. The van der Waals surface area contributed by atoms with Gasteiger partial charge < -0.3 is 20.1 Å². The molecule has 4 aromatic rings. The first-order valence-electron chi connectivity index (χ1n) is 10.1. The summed E-state index contributed by atoms with van der Waals surface area (Å²) in [6.45, 7) is 0.837. The van der Waals surface area contributed by atoms with E-state index in [9.17, 15) is 9.90 Å². The number of aromatic nitrogens is 1. The molecule has 158 valence electrons. The molecule has 5 nitrogen and oxygen atoms in total. The number of aliphatic carboxylic acids is 1. The van der Waals surface area contributed by atoms with E-state index in [1.165, 1.54) is 0 Å². The molecule has 6 heteroatoms. The van der Waals surface area contributed by atoms with Crippen LogP contribution in [0.1, 0.15) is 16.7 Å². The SMILES string of the molecule is O=C(O)[C@H](Cc1c[nH]c2ccccc12)NCc1cccc(OCc2cccc(Cl)c2)c1. The predicted molar refractivity (Wildman–Crippen MR) is 122 cm³/mol. The van der Waals surface area contributed by atoms with Crippen LogP contribution in [0, 0.1) is 0 Å². The molecule has 3 N–H and O–H groups in total. The maximum Gasteiger partial charge on any atom is 0.321 e. The molecule has 0 aliphatic rings. The van der Waals surface area contributed by atoms with Gasteiger partial charge in [0.1, 0.15) is 18.4 Å². The Morgan fingerprint density at radius 3 is 2.68 bits per heavy atom. The maximum atomic E-state index is 11.8. The molecule has 3 aromatic carbocycles. The smallest absolute Gasteiger partial charge is 0.321 e. The number of carbonyl (C=O) groups is 1. The zero-order valence-corrected chi connectivity index (χ0v) is 17.6. The van der Waals surface area contributed by atoms with E-state index in [-0.39, 0.29) is 0 Å². The predicted octanol–water partition coefficient (Wildman–Crippen LogP) is 5.19. The Kier molecular flexibility index (Phi) is 6.55. The molecule has 1 atom stereocenters. The number of para-hydroxylation sites is 1. The third kappa shape index (κ3) is 5.45. The molecule has 0 aliphatic carbocycles. The highest BCUT2D eigenvalue weighted by atomic mass is 35.5. The van der Waals surface area contributed by atoms with Crippen molar-refractivity contribution < 1.29 is 14.6 Å². The molecule has 0 aliphatic heterocycles. The standard InChI is InChI=1S/C25H23ClN2O3/c26-20-7-3-6-18(11-20)16-31-21-8-4-5-17(12-21)14-27-24(25(29)30)13-19-15-28-23-10-2-1-9-22(19)23/h1-12,15,24,27-28H,13-14,16H2,(H,29,30)/t24-/m0/s1. The Morgan fingerprint density at radius 1 is 1.03 bits per heavy atom. The summed E-state index contributed by atoms with van der Waals surface area (Å²) in [5, 5.41) is 14.6. The number of carboxylic acid groups (broad SMARTS) is 1. The fraction of sp³-hybridized carbons (Fsp3) is 0.160. The Labute approximate surface area is 185 Å². The van der Waals surface area contributed by atoms with Crippen molar-refractivity contribution in [1.29, 1.82) is 0 Å². The molecular formula is C25H23ClN2O3. The monoisotopic (exact) mass is 434 g/mol. The van der Waals surface area contributed by atoms with Gasteiger partial charge in [-0.2, -0.15) is 0 Å². The van der Waals surface area contributed by atoms with E-state index in [2.05, 4.69) is 10.3 Å². The van der Waals surface area contributed by atoms with E-state index in [0.29, 0.717) is 24.6 Å². The number of hydrogen-bond acceptors (Lipinski definition) is 3. The van der Waals surface area contributed by atoms with Gasteiger partial charge in [0.2, 0.25) is 0 Å². The number of rotatable bonds is 9. The van der Waals surface area contributed by atoms with Gasteiger partial charge in [0.25, 0.3) is 0 Å². The summed E-state index contributed by atoms with van der Waals surface area (Å²) in [5.41, 5.74) is 3.93. The van der Waals surface area contributed by atoms with E-state index in [1.54, 1.807) is 0 Å². The van der Waals surface area contributed by atoms with Crippen LogP contribution in [0.4, 0.5) is 0 Å². The van der Waals surface area contributed by atoms with Crippen LogP contribution < -0.4 is 10.1 Å². The van der Waals surface area contributed by atoms with E-state index >= 15 is 0 Å². The Morgan fingerprint density at radius 2 is 1.84 bits per heavy atom. The number of halogens is 1. The third-order valence-corrected chi connectivity index (χ3v) is 5.38. The van der Waals surface area contributed by atoms with Crippen molar-refractivity contribution in [3.8, 4) is 5.75 Å². The lowest BCUT2D eigenvalue weighted by atomic mass is 10.0. The fourth-order valence-electron chi connectivity index (χ4n) is 3.55. The van der Waals surface area contributed by atoms with Crippen LogP contribution in [0.15, 0.2) is 79.0 Å². The van der Waals surface area contributed by atoms with Crippen LogP contribution in [0.3, 0.4) is 0 Å². The highest BCUT2D eigenvalue weighted by Crippen LogP contribution is 2.20. The lowest BCUT2D eigenvalue weighted by molar-refractivity contribution is -0.139. The molecule has 0 unspecified atom stereocenters. The molecular weight excluding hydrogens is 412 g/mol. The minimum atomic E-state index is -0.876. The number of aromatic amines is 1. The second-order valence-corrected chi connectivity index (χ2v) is 7.84. The number of nitrogens with one attached hydrogen (secondary N) is 2. The van der Waals surface area contributed by atoms with Crippen LogP contribution >= 0.6 is 11.6 Å². The van der Waals surface area contributed by atoms with Crippen LogP contribution in [0.2, 0.25) is 5.02 Å². The van der Waals surface area contributed by atoms with E-state index in [0.717, 1.165) is 33.3 Å². The van der Waals surface area contributed by atoms with Crippen molar-refractivity contribution in [2.75, 3.05) is 0 Å². The Hall–Kier alpha value is -3.28. The molecule has 0 fully saturated rings. The van der Waals surface area contributed by atoms with Gasteiger partial charge in [-0.1, -0.05) is 54.1 Å². The van der Waals surface area contributed by atoms with Gasteiger partial charge in [-0.25, -0.2) is 0 Å². The number of H-pyrrole nitrogens is 1. The van der Waals surface area contributed by atoms with Gasteiger partial charge in [-0.3, -0.25) is 4.79 Å². The third-order valence-electron chi connectivity index (χ3n) is 5.14. The Bertz CT molecular complexity index is 1190. The molecule has 1 heterocycles. The van der Waals surface area contributed by atoms with Gasteiger partial charge in [-0.15, -0.1) is 0 Å². The molecule has 0 saturated carbocycles. The average Bonchev–Trinajstić information content (AvgIpc) is 3.18. The Balaban J connectivity index is 1.38. The maximum absolute atomic E-state index is 11.8. The molecule has 4 rings (SSSR count). The van der Waals surface area contributed by atoms with E-state index < -0.39 is 12.0 Å². The minimum absolute atomic E-state index is 0.393. The number of fused-ring (bicyclic) bond motifs is 1. The van der Waals surface area contributed by atoms with Gasteiger partial charge in [0, 0.05) is 35.1 Å². The summed E-state index contributed by atoms with van der Waals surface area (Å²) < 4.78 is 5.87. The lowest BCUT2D eigenvalue weighted by Crippen LogP contribution is -2.38. The molecule has 0 saturated heterocycles. The quantitative estimate of drug-likeness (QED) is 0.339. The van der Waals surface area contributed by atoms with E-state index in [1.807, 2.05) is 79.0 Å². The summed E-state index contributed by atoms with van der Waals surface area (Å²) in [6.07, 6.45) is 2.27. The summed E-state index contributed by atoms with van der Waals surface area (Å²) in [6, 6.07) is 22.4. The molecule has 0 radical (unpaired) electrons. The topological polar surface area (TPSA) is 74.3 Å². The highest BCUT2D eigenvalue weighted by molar-refractivity contribution is 6.30. The molecule has 1 aromatic heterocycles. The highest BCUT2D eigenvalue weighted by Gasteiger charge is 2.19. The molecule has 0 amide bonds. The summed E-state index contributed by atoms with van der Waals surface area (Å²) in [4.78, 5) is 15.0. The minimum Gasteiger partial charge on any atom is -0.489 e. The van der Waals surface area contributed by atoms with Crippen LogP contribution in [-0.4, -0.2) is 22.1 Å². The zero-order valence-electron chi connectivity index (χ0n) is 16.8. The first kappa shape index (κ1) is 21.0. The molecule has 31 heavy (non-hydrogen) atoms. The van der Waals surface area contributed by atoms with Gasteiger partial charge in [0.05, 0.1) is 0 Å². The van der Waals surface area contributed by atoms with Crippen LogP contribution in [0.25, 0.3) is 10.9 Å². The lowest BCUT2D eigenvalue weighted by Gasteiger charge is -2.15. The first-order valence-corrected chi connectivity index (χ1v) is 10.4. The van der Waals surface area contributed by atoms with Crippen LogP contribution in [0.5, 0.6) is 5.75 Å². The zero-order chi connectivity index (χ0) is 21.6. The number of benzene rings is 3. The average molecular weight is 435 g/mol. The second-order valence-electron chi connectivity index (χ2n) is 7.40. The summed E-state index contributed by atoms with van der Waals surface area (Å²) in [5.74, 6) is -0.151. The first-order chi connectivity index (χ1) is 15.1. The van der Waals surface area contributed by atoms with Crippen molar-refractivity contribution in [1.82, 2.24) is 10.3 Å². The number of ether oxygens (including phenoxy) is 1. The summed E-state index contributed by atoms with van der Waals surface area (Å²) >= 11 is 6.02. The summed E-state index contributed by atoms with van der Waals surface area (Å²) in [7, 11) is 0. The van der Waals surface area contributed by atoms with Crippen molar-refractivity contribution in [2.45, 2.75) is 25.6 Å². The van der Waals surface area contributed by atoms with Gasteiger partial charge in [0.15, 0.2) is 0 Å². The van der Waals surface area contributed by atoms with Crippen molar-refractivity contribution >= 4 is 28.5 Å². The number of carboxylic acids is 1. The van der Waals surface area contributed by atoms with Crippen molar-refractivity contribution in [3.63, 3.8) is 0 Å². The van der Waals surface area contributed by atoms with E-state index in [4.69, 9.17) is 16.3 Å². The van der Waals surface area contributed by atoms with Gasteiger partial charge in [-0.05, 0) is 47.0 Å². The largest absolute Gasteiger partial charge is 0.489 e. The van der Waals surface area contributed by atoms with Crippen molar-refractivity contribution in [3.05, 3.63) is 101 Å². The molecule has 0 bridgehead atoms. The molecule has 0 spiro atoms. The van der Waals surface area contributed by atoms with Gasteiger partial charge >= 0.3 is 5.97 Å². The second kappa shape index (κ2) is 9.69. The van der Waals surface area contributed by atoms with Crippen molar-refractivity contribution in [2.24, 2.45) is 0 Å². The normalized spacial score (nSPS) is 12.0. The fourth-order valence-corrected chi connectivity index (χ4v) is 3.76. The van der Waals surface area contributed by atoms with Crippen LogP contribution in [-0.2, 0) is 24.4 Å².